The minimum absolute atomic E-state index is 0.257. The number of nitrogens with zero attached hydrogens (tertiary/aromatic N) is 3. The van der Waals surface area contributed by atoms with Gasteiger partial charge in [-0.2, -0.15) is 9.97 Å². The summed E-state index contributed by atoms with van der Waals surface area (Å²) in [5, 5.41) is 3.55. The molecule has 0 saturated carbocycles. The molecule has 1 unspecified atom stereocenters. The number of hydrogen-bond acceptors (Lipinski definition) is 7. The van der Waals surface area contributed by atoms with Crippen LogP contribution in [0.4, 0.5) is 0 Å². The summed E-state index contributed by atoms with van der Waals surface area (Å²) in [6.45, 7) is 7.53. The first-order valence-electron chi connectivity index (χ1n) is 12.8. The third-order valence-corrected chi connectivity index (χ3v) is 7.64. The van der Waals surface area contributed by atoms with Crippen molar-refractivity contribution in [2.45, 2.75) is 39.3 Å². The van der Waals surface area contributed by atoms with Crippen molar-refractivity contribution in [1.82, 2.24) is 20.2 Å². The van der Waals surface area contributed by atoms with Gasteiger partial charge in [0.1, 0.15) is 6.61 Å². The molecule has 1 N–H and O–H groups in total. The Labute approximate surface area is 213 Å². The number of methoxy groups -OCH3 is 2. The number of nitrogens with one attached hydrogen (secondary N) is 1. The molecule has 0 radical (unpaired) electrons. The fourth-order valence-corrected chi connectivity index (χ4v) is 5.69. The van der Waals surface area contributed by atoms with Gasteiger partial charge in [0.05, 0.1) is 19.8 Å². The highest BCUT2D eigenvalue weighted by molar-refractivity contribution is 5.68. The average molecular weight is 489 g/mol. The predicted molar refractivity (Wildman–Crippen MR) is 141 cm³/mol. The zero-order valence-corrected chi connectivity index (χ0v) is 21.5. The normalized spacial score (nSPS) is 20.0. The fraction of sp³-hybridized carbons (Fsp3) is 0.448. The van der Waals surface area contributed by atoms with E-state index in [1.54, 1.807) is 14.2 Å². The van der Waals surface area contributed by atoms with Crippen LogP contribution in [0.15, 0.2) is 48.5 Å². The predicted octanol–water partition coefficient (Wildman–Crippen LogP) is 4.62. The number of rotatable bonds is 8. The summed E-state index contributed by atoms with van der Waals surface area (Å²) in [6.07, 6.45) is 3.74. The zero-order chi connectivity index (χ0) is 25.0. The summed E-state index contributed by atoms with van der Waals surface area (Å²) in [5.41, 5.74) is 5.91. The van der Waals surface area contributed by atoms with Gasteiger partial charge in [0.25, 0.3) is 0 Å². The molecule has 2 saturated heterocycles. The van der Waals surface area contributed by atoms with E-state index in [-0.39, 0.29) is 6.01 Å². The van der Waals surface area contributed by atoms with Crippen molar-refractivity contribution in [1.29, 1.82) is 0 Å². The molecule has 7 heteroatoms. The van der Waals surface area contributed by atoms with E-state index in [1.165, 1.54) is 36.0 Å². The summed E-state index contributed by atoms with van der Waals surface area (Å²) < 4.78 is 17.4. The molecular weight excluding hydrogens is 452 g/mol. The molecule has 7 nitrogen and oxygen atoms in total. The van der Waals surface area contributed by atoms with Crippen LogP contribution < -0.4 is 19.5 Å². The maximum absolute atomic E-state index is 6.07. The Morgan fingerprint density at radius 1 is 0.972 bits per heavy atom. The SMILES string of the molecule is COc1nc(OCc2cccc(-c3ccccc3)c2C)nc(OC)c1CN1CCCC2(CCNC2)C1. The van der Waals surface area contributed by atoms with Crippen molar-refractivity contribution in [2.75, 3.05) is 40.4 Å². The molecule has 1 aromatic heterocycles. The van der Waals surface area contributed by atoms with E-state index < -0.39 is 0 Å². The van der Waals surface area contributed by atoms with Crippen LogP contribution in [-0.2, 0) is 13.2 Å². The van der Waals surface area contributed by atoms with Gasteiger partial charge in [0.15, 0.2) is 0 Å². The Bertz CT molecular complexity index is 1150. The van der Waals surface area contributed by atoms with Crippen molar-refractivity contribution in [2.24, 2.45) is 5.41 Å². The van der Waals surface area contributed by atoms with E-state index in [0.717, 1.165) is 37.3 Å². The lowest BCUT2D eigenvalue weighted by molar-refractivity contribution is 0.0957. The van der Waals surface area contributed by atoms with Crippen LogP contribution in [0.1, 0.15) is 36.0 Å². The Kier molecular flexibility index (Phi) is 7.39. The molecule has 2 fully saturated rings. The lowest BCUT2D eigenvalue weighted by Gasteiger charge is -2.40. The van der Waals surface area contributed by atoms with Crippen LogP contribution in [0.5, 0.6) is 17.8 Å². The highest BCUT2D eigenvalue weighted by atomic mass is 16.5. The first-order chi connectivity index (χ1) is 17.6. The maximum atomic E-state index is 6.07. The fourth-order valence-electron chi connectivity index (χ4n) is 5.69. The smallest absolute Gasteiger partial charge is 0.323 e. The molecule has 3 heterocycles. The first-order valence-corrected chi connectivity index (χ1v) is 12.8. The number of ether oxygens (including phenoxy) is 3. The molecule has 1 spiro atoms. The molecule has 190 valence electrons. The number of aromatic nitrogens is 2. The van der Waals surface area contributed by atoms with Crippen LogP contribution in [0.3, 0.4) is 0 Å². The summed E-state index contributed by atoms with van der Waals surface area (Å²) in [6, 6.07) is 16.9. The second-order valence-corrected chi connectivity index (χ2v) is 9.99. The van der Waals surface area contributed by atoms with Gasteiger partial charge < -0.3 is 19.5 Å². The second kappa shape index (κ2) is 10.8. The van der Waals surface area contributed by atoms with Crippen LogP contribution in [0, 0.1) is 12.3 Å². The van der Waals surface area contributed by atoms with Gasteiger partial charge in [-0.3, -0.25) is 4.90 Å². The van der Waals surface area contributed by atoms with E-state index in [2.05, 4.69) is 69.6 Å². The molecule has 2 aliphatic heterocycles. The topological polar surface area (TPSA) is 68.7 Å². The third kappa shape index (κ3) is 5.18. The van der Waals surface area contributed by atoms with Crippen LogP contribution in [0.25, 0.3) is 11.1 Å². The van der Waals surface area contributed by atoms with Crippen LogP contribution in [-0.4, -0.2) is 55.3 Å². The Morgan fingerprint density at radius 2 is 1.75 bits per heavy atom. The average Bonchev–Trinajstić information content (AvgIpc) is 3.36. The van der Waals surface area contributed by atoms with E-state index in [0.29, 0.717) is 30.3 Å². The Morgan fingerprint density at radius 3 is 2.44 bits per heavy atom. The van der Waals surface area contributed by atoms with Gasteiger partial charge in [0, 0.05) is 19.6 Å². The molecule has 2 aromatic carbocycles. The minimum Gasteiger partial charge on any atom is -0.481 e. The summed E-state index contributed by atoms with van der Waals surface area (Å²) >= 11 is 0. The number of piperidine rings is 1. The van der Waals surface area contributed by atoms with Gasteiger partial charge in [-0.1, -0.05) is 48.5 Å². The standard InChI is InChI=1S/C29H36N4O3/c1-21-23(11-7-12-24(21)22-9-5-4-6-10-22)18-36-28-31-26(34-2)25(27(32-28)35-3)17-33-16-8-13-29(20-33)14-15-30-19-29/h4-7,9-12,30H,8,13-20H2,1-3H3. The van der Waals surface area contributed by atoms with Gasteiger partial charge in [0.2, 0.25) is 11.8 Å². The third-order valence-electron chi connectivity index (χ3n) is 7.64. The van der Waals surface area contributed by atoms with Gasteiger partial charge in [-0.05, 0) is 66.9 Å². The zero-order valence-electron chi connectivity index (χ0n) is 21.5. The number of hydrogen-bond donors (Lipinski definition) is 1. The highest BCUT2D eigenvalue weighted by Crippen LogP contribution is 2.38. The van der Waals surface area contributed by atoms with E-state index in [1.807, 2.05) is 6.07 Å². The lowest BCUT2D eigenvalue weighted by atomic mass is 9.79. The molecule has 0 bridgehead atoms. The van der Waals surface area contributed by atoms with Crippen molar-refractivity contribution < 1.29 is 14.2 Å². The van der Waals surface area contributed by atoms with Crippen LogP contribution in [0.2, 0.25) is 0 Å². The molecule has 1 atom stereocenters. The molecular formula is C29H36N4O3. The molecule has 36 heavy (non-hydrogen) atoms. The minimum atomic E-state index is 0.257. The molecule has 0 amide bonds. The largest absolute Gasteiger partial charge is 0.481 e. The van der Waals surface area contributed by atoms with E-state index >= 15 is 0 Å². The number of benzene rings is 2. The molecule has 0 aliphatic carbocycles. The van der Waals surface area contributed by atoms with Gasteiger partial charge in [-0.25, -0.2) is 0 Å². The van der Waals surface area contributed by atoms with Crippen LogP contribution >= 0.6 is 0 Å². The molecule has 2 aliphatic rings. The van der Waals surface area contributed by atoms with Crippen molar-refractivity contribution >= 4 is 0 Å². The van der Waals surface area contributed by atoms with Crippen molar-refractivity contribution in [3.05, 3.63) is 65.2 Å². The first kappa shape index (κ1) is 24.5. The second-order valence-electron chi connectivity index (χ2n) is 9.99. The molecule has 3 aromatic rings. The van der Waals surface area contributed by atoms with E-state index in [4.69, 9.17) is 14.2 Å². The van der Waals surface area contributed by atoms with Gasteiger partial charge >= 0.3 is 6.01 Å². The summed E-state index contributed by atoms with van der Waals surface area (Å²) in [7, 11) is 3.28. The maximum Gasteiger partial charge on any atom is 0.323 e. The lowest BCUT2D eigenvalue weighted by Crippen LogP contribution is -2.44. The van der Waals surface area contributed by atoms with Crippen molar-refractivity contribution in [3.63, 3.8) is 0 Å². The number of likely N-dealkylation sites (tertiary alicyclic amines) is 1. The van der Waals surface area contributed by atoms with E-state index in [9.17, 15) is 0 Å². The quantitative estimate of drug-likeness (QED) is 0.496. The van der Waals surface area contributed by atoms with Gasteiger partial charge in [-0.15, -0.1) is 0 Å². The Balaban J connectivity index is 1.33. The Hall–Kier alpha value is -3.16. The summed E-state index contributed by atoms with van der Waals surface area (Å²) in [4.78, 5) is 11.7. The summed E-state index contributed by atoms with van der Waals surface area (Å²) in [5.74, 6) is 1.02. The van der Waals surface area contributed by atoms with Crippen molar-refractivity contribution in [3.8, 4) is 28.9 Å². The monoisotopic (exact) mass is 488 g/mol. The molecule has 5 rings (SSSR count). The highest BCUT2D eigenvalue weighted by Gasteiger charge is 2.38.